The lowest BCUT2D eigenvalue weighted by Crippen LogP contribution is -2.21. The second-order valence-electron chi connectivity index (χ2n) is 7.20. The molecule has 0 aliphatic carbocycles. The molecule has 0 fully saturated rings. The minimum atomic E-state index is -0.625. The summed E-state index contributed by atoms with van der Waals surface area (Å²) in [6.07, 6.45) is 1.71. The maximum absolute atomic E-state index is 13.4. The fraction of sp³-hybridized carbons (Fsp3) is 0.125. The van der Waals surface area contributed by atoms with E-state index in [2.05, 4.69) is 20.0 Å². The number of fused-ring (bicyclic) bond motifs is 1. The van der Waals surface area contributed by atoms with Gasteiger partial charge in [-0.05, 0) is 53.9 Å². The number of aryl methyl sites for hydroxylation is 1. The number of esters is 1. The second-order valence-corrected chi connectivity index (χ2v) is 7.20. The van der Waals surface area contributed by atoms with Crippen molar-refractivity contribution in [1.29, 1.82) is 0 Å². The third-order valence-electron chi connectivity index (χ3n) is 5.15. The summed E-state index contributed by atoms with van der Waals surface area (Å²) < 4.78 is 18.0. The summed E-state index contributed by atoms with van der Waals surface area (Å²) in [5.74, 6) is -1.34. The molecule has 162 valence electrons. The van der Waals surface area contributed by atoms with E-state index in [0.29, 0.717) is 6.42 Å². The van der Waals surface area contributed by atoms with Gasteiger partial charge in [0, 0.05) is 29.2 Å². The number of hydrogen-bond donors (Lipinski definition) is 3. The number of hydrogen-bond acceptors (Lipinski definition) is 4. The molecule has 7 nitrogen and oxygen atoms in total. The molecule has 2 aromatic carbocycles. The molecule has 0 saturated heterocycles. The molecule has 8 heteroatoms. The lowest BCUT2D eigenvalue weighted by atomic mass is 10.0. The van der Waals surface area contributed by atoms with E-state index < -0.39 is 11.5 Å². The first-order chi connectivity index (χ1) is 15.5. The van der Waals surface area contributed by atoms with Crippen LogP contribution in [0.4, 0.5) is 10.1 Å². The molecule has 0 bridgehead atoms. The van der Waals surface area contributed by atoms with Crippen molar-refractivity contribution in [3.05, 3.63) is 88.1 Å². The summed E-state index contributed by atoms with van der Waals surface area (Å²) in [5, 5.41) is 3.52. The predicted octanol–water partition coefficient (Wildman–Crippen LogP) is 4.02. The number of aromatic nitrogens is 2. The summed E-state index contributed by atoms with van der Waals surface area (Å²) in [4.78, 5) is 42.1. The molecule has 0 aliphatic heterocycles. The molecule has 2 heterocycles. The summed E-state index contributed by atoms with van der Waals surface area (Å²) in [6, 6.07) is 15.1. The topological polar surface area (TPSA) is 104 Å². The van der Waals surface area contributed by atoms with Crippen molar-refractivity contribution in [3.8, 4) is 11.3 Å². The number of anilines is 1. The first-order valence-corrected chi connectivity index (χ1v) is 9.92. The van der Waals surface area contributed by atoms with Crippen LogP contribution >= 0.6 is 0 Å². The lowest BCUT2D eigenvalue weighted by molar-refractivity contribution is -0.116. The van der Waals surface area contributed by atoms with Crippen LogP contribution in [0.5, 0.6) is 0 Å². The van der Waals surface area contributed by atoms with Gasteiger partial charge in [-0.25, -0.2) is 9.18 Å². The first-order valence-electron chi connectivity index (χ1n) is 9.92. The van der Waals surface area contributed by atoms with Gasteiger partial charge in [-0.15, -0.1) is 0 Å². The maximum Gasteiger partial charge on any atom is 0.339 e. The van der Waals surface area contributed by atoms with Crippen LogP contribution in [0.2, 0.25) is 0 Å². The molecule has 0 atom stereocenters. The average molecular weight is 433 g/mol. The third kappa shape index (κ3) is 4.29. The van der Waals surface area contributed by atoms with Crippen molar-refractivity contribution in [3.63, 3.8) is 0 Å². The molecule has 0 unspecified atom stereocenters. The summed E-state index contributed by atoms with van der Waals surface area (Å²) in [6.45, 7) is 0. The van der Waals surface area contributed by atoms with Crippen molar-refractivity contribution in [2.75, 3.05) is 12.4 Å². The Morgan fingerprint density at radius 3 is 2.59 bits per heavy atom. The summed E-state index contributed by atoms with van der Waals surface area (Å²) in [7, 11) is 1.23. The van der Waals surface area contributed by atoms with Crippen LogP contribution in [0.15, 0.2) is 65.6 Å². The van der Waals surface area contributed by atoms with Crippen LogP contribution in [0.1, 0.15) is 22.3 Å². The molecule has 3 N–H and O–H groups in total. The fourth-order valence-electron chi connectivity index (χ4n) is 3.59. The van der Waals surface area contributed by atoms with Gasteiger partial charge < -0.3 is 20.0 Å². The molecular formula is C24H20FN3O4. The molecular weight excluding hydrogens is 413 g/mol. The SMILES string of the molecule is COC(=O)c1c[nH]c(=O)c(NC(=O)CCc2c(-c3ccc(F)cc3)[nH]c3ccccc23)c1. The highest BCUT2D eigenvalue weighted by Gasteiger charge is 2.16. The monoisotopic (exact) mass is 433 g/mol. The van der Waals surface area contributed by atoms with Crippen molar-refractivity contribution < 1.29 is 18.7 Å². The Morgan fingerprint density at radius 1 is 1.09 bits per heavy atom. The number of ether oxygens (including phenoxy) is 1. The van der Waals surface area contributed by atoms with E-state index in [1.165, 1.54) is 31.5 Å². The minimum Gasteiger partial charge on any atom is -0.465 e. The quantitative estimate of drug-likeness (QED) is 0.400. The number of nitrogens with one attached hydrogen (secondary N) is 3. The molecule has 0 saturated carbocycles. The molecule has 0 spiro atoms. The molecule has 32 heavy (non-hydrogen) atoms. The zero-order valence-corrected chi connectivity index (χ0v) is 17.2. The van der Waals surface area contributed by atoms with E-state index in [1.807, 2.05) is 24.3 Å². The van der Waals surface area contributed by atoms with Crippen LogP contribution < -0.4 is 10.9 Å². The Labute approximate surface area is 182 Å². The van der Waals surface area contributed by atoms with Gasteiger partial charge in [-0.2, -0.15) is 0 Å². The van der Waals surface area contributed by atoms with Crippen molar-refractivity contribution in [2.24, 2.45) is 0 Å². The smallest absolute Gasteiger partial charge is 0.339 e. The van der Waals surface area contributed by atoms with Crippen LogP contribution in [0.3, 0.4) is 0 Å². The first kappa shape index (κ1) is 21.0. The highest BCUT2D eigenvalue weighted by atomic mass is 19.1. The van der Waals surface area contributed by atoms with E-state index in [9.17, 15) is 18.8 Å². The number of aromatic amines is 2. The number of methoxy groups -OCH3 is 1. The zero-order chi connectivity index (χ0) is 22.7. The van der Waals surface area contributed by atoms with Crippen molar-refractivity contribution in [2.45, 2.75) is 12.8 Å². The Bertz CT molecular complexity index is 1360. The predicted molar refractivity (Wildman–Crippen MR) is 119 cm³/mol. The average Bonchev–Trinajstić information content (AvgIpc) is 3.17. The van der Waals surface area contributed by atoms with Gasteiger partial charge in [0.1, 0.15) is 11.5 Å². The third-order valence-corrected chi connectivity index (χ3v) is 5.15. The molecule has 4 aromatic rings. The number of pyridine rings is 1. The molecule has 1 amide bonds. The normalized spacial score (nSPS) is 10.8. The zero-order valence-electron chi connectivity index (χ0n) is 17.2. The molecule has 4 rings (SSSR count). The lowest BCUT2D eigenvalue weighted by Gasteiger charge is -2.08. The van der Waals surface area contributed by atoms with E-state index in [4.69, 9.17) is 0 Å². The van der Waals surface area contributed by atoms with Crippen LogP contribution in [0.25, 0.3) is 22.2 Å². The van der Waals surface area contributed by atoms with E-state index in [-0.39, 0.29) is 29.4 Å². The summed E-state index contributed by atoms with van der Waals surface area (Å²) >= 11 is 0. The number of carbonyl (C=O) groups excluding carboxylic acids is 2. The van der Waals surface area contributed by atoms with Crippen LogP contribution in [0, 0.1) is 5.82 Å². The number of halogens is 1. The second kappa shape index (κ2) is 8.89. The molecule has 0 aliphatic rings. The van der Waals surface area contributed by atoms with Gasteiger partial charge >= 0.3 is 5.97 Å². The van der Waals surface area contributed by atoms with Crippen LogP contribution in [-0.2, 0) is 16.0 Å². The van der Waals surface area contributed by atoms with Gasteiger partial charge in [0.2, 0.25) is 5.91 Å². The highest BCUT2D eigenvalue weighted by molar-refractivity contribution is 5.95. The van der Waals surface area contributed by atoms with Gasteiger partial charge in [-0.1, -0.05) is 18.2 Å². The fourth-order valence-corrected chi connectivity index (χ4v) is 3.59. The number of rotatable bonds is 6. The summed E-state index contributed by atoms with van der Waals surface area (Å²) in [5.41, 5.74) is 3.01. The standard InChI is InChI=1S/C24H20FN3O4/c1-32-24(31)15-12-20(23(30)26-13-15)27-21(29)11-10-18-17-4-2-3-5-19(17)28-22(18)14-6-8-16(25)9-7-14/h2-9,12-13,28H,10-11H2,1H3,(H,26,30)(H,27,29). The number of carbonyl (C=O) groups is 2. The van der Waals surface area contributed by atoms with E-state index in [0.717, 1.165) is 27.7 Å². The number of H-pyrrole nitrogens is 2. The Kier molecular flexibility index (Phi) is 5.85. The highest BCUT2D eigenvalue weighted by Crippen LogP contribution is 2.31. The van der Waals surface area contributed by atoms with Crippen molar-refractivity contribution >= 4 is 28.5 Å². The van der Waals surface area contributed by atoms with Gasteiger partial charge in [-0.3, -0.25) is 9.59 Å². The minimum absolute atomic E-state index is 0.0319. The molecule has 0 radical (unpaired) electrons. The maximum atomic E-state index is 13.4. The van der Waals surface area contributed by atoms with Crippen molar-refractivity contribution in [1.82, 2.24) is 9.97 Å². The Morgan fingerprint density at radius 2 is 1.84 bits per heavy atom. The van der Waals surface area contributed by atoms with Crippen LogP contribution in [-0.4, -0.2) is 29.0 Å². The molecule has 2 aromatic heterocycles. The largest absolute Gasteiger partial charge is 0.465 e. The number of para-hydroxylation sites is 1. The van der Waals surface area contributed by atoms with E-state index in [1.54, 1.807) is 12.1 Å². The number of benzene rings is 2. The van der Waals surface area contributed by atoms with Gasteiger partial charge in [0.05, 0.1) is 12.7 Å². The van der Waals surface area contributed by atoms with E-state index >= 15 is 0 Å². The van der Waals surface area contributed by atoms with Gasteiger partial charge in [0.15, 0.2) is 0 Å². The Balaban J connectivity index is 1.58. The Hall–Kier alpha value is -4.20. The number of amides is 1. The van der Waals surface area contributed by atoms with Gasteiger partial charge in [0.25, 0.3) is 5.56 Å².